The molecule has 0 aliphatic rings. The fourth-order valence-electron chi connectivity index (χ4n) is 1.50. The van der Waals surface area contributed by atoms with E-state index in [4.69, 9.17) is 9.47 Å². The van der Waals surface area contributed by atoms with E-state index in [1.807, 2.05) is 0 Å². The van der Waals surface area contributed by atoms with Crippen LogP contribution < -0.4 is 4.74 Å². The molecule has 0 atom stereocenters. The molecule has 17 heavy (non-hydrogen) atoms. The standard InChI is InChI=1S/C13H16O4/c1-4-17-13(15)11-6-5-10(7-9(2)14)12(8-11)16-3/h5-6,8H,4,7H2,1-3H3. The Labute approximate surface area is 101 Å². The van der Waals surface area contributed by atoms with Crippen molar-refractivity contribution in [2.45, 2.75) is 20.3 Å². The van der Waals surface area contributed by atoms with E-state index in [0.29, 0.717) is 24.3 Å². The number of Topliss-reactive ketones (excluding diaryl/α,β-unsaturated/α-hetero) is 1. The van der Waals surface area contributed by atoms with Crippen LogP contribution in [0.15, 0.2) is 18.2 Å². The van der Waals surface area contributed by atoms with E-state index in [2.05, 4.69) is 0 Å². The van der Waals surface area contributed by atoms with Crippen LogP contribution in [0, 0.1) is 0 Å². The summed E-state index contributed by atoms with van der Waals surface area (Å²) in [6.45, 7) is 3.59. The number of ketones is 1. The highest BCUT2D eigenvalue weighted by molar-refractivity contribution is 5.90. The van der Waals surface area contributed by atoms with Gasteiger partial charge in [-0.25, -0.2) is 4.79 Å². The molecule has 1 aromatic carbocycles. The molecule has 0 unspecified atom stereocenters. The molecular weight excluding hydrogens is 220 g/mol. The van der Waals surface area contributed by atoms with Gasteiger partial charge in [-0.3, -0.25) is 4.79 Å². The van der Waals surface area contributed by atoms with Crippen molar-refractivity contribution in [3.8, 4) is 5.75 Å². The van der Waals surface area contributed by atoms with E-state index in [1.165, 1.54) is 14.0 Å². The first-order chi connectivity index (χ1) is 8.08. The second-order valence-corrected chi connectivity index (χ2v) is 3.63. The van der Waals surface area contributed by atoms with Crippen LogP contribution in [0.3, 0.4) is 0 Å². The van der Waals surface area contributed by atoms with Crippen molar-refractivity contribution < 1.29 is 19.1 Å². The summed E-state index contributed by atoms with van der Waals surface area (Å²) in [5, 5.41) is 0. The second-order valence-electron chi connectivity index (χ2n) is 3.63. The van der Waals surface area contributed by atoms with Crippen molar-refractivity contribution in [2.24, 2.45) is 0 Å². The third kappa shape index (κ3) is 3.59. The Bertz CT molecular complexity index is 423. The Morgan fingerprint density at radius 1 is 1.29 bits per heavy atom. The predicted octanol–water partition coefficient (Wildman–Crippen LogP) is 2.00. The highest BCUT2D eigenvalue weighted by atomic mass is 16.5. The topological polar surface area (TPSA) is 52.6 Å². The lowest BCUT2D eigenvalue weighted by Gasteiger charge is -2.09. The Balaban J connectivity index is 2.99. The van der Waals surface area contributed by atoms with Gasteiger partial charge in [-0.15, -0.1) is 0 Å². The van der Waals surface area contributed by atoms with Gasteiger partial charge in [-0.05, 0) is 26.0 Å². The van der Waals surface area contributed by atoms with Crippen LogP contribution in [0.4, 0.5) is 0 Å². The van der Waals surface area contributed by atoms with Crippen LogP contribution in [0.5, 0.6) is 5.75 Å². The SMILES string of the molecule is CCOC(=O)c1ccc(CC(C)=O)c(OC)c1. The number of hydrogen-bond acceptors (Lipinski definition) is 4. The Hall–Kier alpha value is -1.84. The summed E-state index contributed by atoms with van der Waals surface area (Å²) in [5.74, 6) is 0.193. The summed E-state index contributed by atoms with van der Waals surface area (Å²) in [6, 6.07) is 4.95. The number of carbonyl (C=O) groups is 2. The number of hydrogen-bond donors (Lipinski definition) is 0. The van der Waals surface area contributed by atoms with Crippen molar-refractivity contribution in [3.63, 3.8) is 0 Å². The molecule has 0 spiro atoms. The molecule has 1 aromatic rings. The van der Waals surface area contributed by atoms with Gasteiger partial charge in [-0.2, -0.15) is 0 Å². The molecule has 0 aromatic heterocycles. The maximum Gasteiger partial charge on any atom is 0.338 e. The minimum Gasteiger partial charge on any atom is -0.496 e. The van der Waals surface area contributed by atoms with E-state index in [0.717, 1.165) is 5.56 Å². The van der Waals surface area contributed by atoms with E-state index in [9.17, 15) is 9.59 Å². The summed E-state index contributed by atoms with van der Waals surface area (Å²) in [6.07, 6.45) is 0.298. The Kier molecular flexibility index (Phi) is 4.69. The first-order valence-electron chi connectivity index (χ1n) is 5.42. The molecular formula is C13H16O4. The van der Waals surface area contributed by atoms with Crippen molar-refractivity contribution >= 4 is 11.8 Å². The second kappa shape index (κ2) is 6.03. The molecule has 0 aliphatic heterocycles. The molecule has 1 rings (SSSR count). The summed E-state index contributed by atoms with van der Waals surface area (Å²) < 4.78 is 10.0. The van der Waals surface area contributed by atoms with Crippen LogP contribution in [0.1, 0.15) is 29.8 Å². The van der Waals surface area contributed by atoms with Crippen LogP contribution in [-0.4, -0.2) is 25.5 Å². The Morgan fingerprint density at radius 2 is 2.00 bits per heavy atom. The molecule has 0 amide bonds. The van der Waals surface area contributed by atoms with E-state index in [-0.39, 0.29) is 11.8 Å². The summed E-state index contributed by atoms with van der Waals surface area (Å²) in [4.78, 5) is 22.6. The third-order valence-electron chi connectivity index (χ3n) is 2.24. The first-order valence-corrected chi connectivity index (χ1v) is 5.42. The minimum absolute atomic E-state index is 0.0483. The number of esters is 1. The van der Waals surface area contributed by atoms with Crippen molar-refractivity contribution in [1.29, 1.82) is 0 Å². The van der Waals surface area contributed by atoms with Gasteiger partial charge in [0.25, 0.3) is 0 Å². The lowest BCUT2D eigenvalue weighted by atomic mass is 10.1. The molecule has 0 bridgehead atoms. The maximum absolute atomic E-state index is 11.5. The van der Waals surface area contributed by atoms with Crippen molar-refractivity contribution in [3.05, 3.63) is 29.3 Å². The maximum atomic E-state index is 11.5. The molecule has 0 aliphatic carbocycles. The molecule has 0 radical (unpaired) electrons. The van der Waals surface area contributed by atoms with Crippen molar-refractivity contribution in [1.82, 2.24) is 0 Å². The van der Waals surface area contributed by atoms with Gasteiger partial charge in [0.15, 0.2) is 0 Å². The number of carbonyl (C=O) groups excluding carboxylic acids is 2. The van der Waals surface area contributed by atoms with Crippen LogP contribution in [0.25, 0.3) is 0 Å². The van der Waals surface area contributed by atoms with Crippen LogP contribution >= 0.6 is 0 Å². The van der Waals surface area contributed by atoms with Gasteiger partial charge in [-0.1, -0.05) is 6.07 Å². The largest absolute Gasteiger partial charge is 0.496 e. The zero-order valence-corrected chi connectivity index (χ0v) is 10.3. The zero-order valence-electron chi connectivity index (χ0n) is 10.3. The van der Waals surface area contributed by atoms with Crippen LogP contribution in [-0.2, 0) is 16.0 Å². The van der Waals surface area contributed by atoms with E-state index >= 15 is 0 Å². The zero-order chi connectivity index (χ0) is 12.8. The Morgan fingerprint density at radius 3 is 2.53 bits per heavy atom. The first kappa shape index (κ1) is 13.2. The van der Waals surface area contributed by atoms with E-state index in [1.54, 1.807) is 25.1 Å². The van der Waals surface area contributed by atoms with E-state index < -0.39 is 0 Å². The normalized spacial score (nSPS) is 9.82. The quantitative estimate of drug-likeness (QED) is 0.734. The number of ether oxygens (including phenoxy) is 2. The molecule has 0 saturated heterocycles. The highest BCUT2D eigenvalue weighted by Gasteiger charge is 2.11. The average molecular weight is 236 g/mol. The highest BCUT2D eigenvalue weighted by Crippen LogP contribution is 2.21. The van der Waals surface area contributed by atoms with Gasteiger partial charge in [0, 0.05) is 12.0 Å². The lowest BCUT2D eigenvalue weighted by Crippen LogP contribution is -2.06. The number of benzene rings is 1. The molecule has 0 heterocycles. The summed E-state index contributed by atoms with van der Waals surface area (Å²) >= 11 is 0. The number of rotatable bonds is 5. The van der Waals surface area contributed by atoms with Gasteiger partial charge in [0.05, 0.1) is 19.3 Å². The van der Waals surface area contributed by atoms with Gasteiger partial charge in [0.2, 0.25) is 0 Å². The predicted molar refractivity (Wildman–Crippen MR) is 63.3 cm³/mol. The molecule has 0 saturated carbocycles. The molecule has 4 nitrogen and oxygen atoms in total. The monoisotopic (exact) mass is 236 g/mol. The molecule has 0 N–H and O–H groups in total. The van der Waals surface area contributed by atoms with Crippen LogP contribution in [0.2, 0.25) is 0 Å². The number of methoxy groups -OCH3 is 1. The fourth-order valence-corrected chi connectivity index (χ4v) is 1.50. The van der Waals surface area contributed by atoms with Crippen molar-refractivity contribution in [2.75, 3.05) is 13.7 Å². The summed E-state index contributed by atoms with van der Waals surface area (Å²) in [7, 11) is 1.51. The molecule has 92 valence electrons. The van der Waals surface area contributed by atoms with Gasteiger partial charge < -0.3 is 9.47 Å². The lowest BCUT2D eigenvalue weighted by molar-refractivity contribution is -0.116. The third-order valence-corrected chi connectivity index (χ3v) is 2.24. The fraction of sp³-hybridized carbons (Fsp3) is 0.385. The molecule has 0 fully saturated rings. The average Bonchev–Trinajstić information content (AvgIpc) is 2.29. The smallest absolute Gasteiger partial charge is 0.338 e. The minimum atomic E-state index is -0.389. The molecule has 4 heteroatoms. The van der Waals surface area contributed by atoms with Gasteiger partial charge in [0.1, 0.15) is 11.5 Å². The summed E-state index contributed by atoms with van der Waals surface area (Å²) in [5.41, 5.74) is 1.20. The van der Waals surface area contributed by atoms with Gasteiger partial charge >= 0.3 is 5.97 Å².